The van der Waals surface area contributed by atoms with Crippen molar-refractivity contribution in [3.8, 4) is 0 Å². The van der Waals surface area contributed by atoms with Crippen molar-refractivity contribution in [2.45, 2.75) is 225 Å². The molecule has 0 spiro atoms. The highest BCUT2D eigenvalue weighted by Gasteiger charge is 2.19. The van der Waals surface area contributed by atoms with E-state index in [1.54, 1.807) is 0 Å². The molecule has 0 aliphatic rings. The number of carboxylic acids is 1. The van der Waals surface area contributed by atoms with Crippen LogP contribution < -0.4 is 11.1 Å². The van der Waals surface area contributed by atoms with Crippen molar-refractivity contribution >= 4 is 17.8 Å². The van der Waals surface area contributed by atoms with Gasteiger partial charge in [-0.3, -0.25) is 9.59 Å². The van der Waals surface area contributed by atoms with E-state index in [2.05, 4.69) is 43.5 Å². The van der Waals surface area contributed by atoms with Crippen LogP contribution in [0, 0.1) is 0 Å². The van der Waals surface area contributed by atoms with Gasteiger partial charge in [0.05, 0.1) is 0 Å². The zero-order valence-electron chi connectivity index (χ0n) is 32.7. The monoisotopic (exact) mass is 705 g/mol. The Hall–Kier alpha value is -2.15. The third kappa shape index (κ3) is 34.3. The fourth-order valence-corrected chi connectivity index (χ4v) is 6.30. The van der Waals surface area contributed by atoms with Gasteiger partial charge in [-0.1, -0.05) is 141 Å². The Labute approximate surface area is 308 Å². The van der Waals surface area contributed by atoms with Gasteiger partial charge >= 0.3 is 11.9 Å². The van der Waals surface area contributed by atoms with E-state index in [0.29, 0.717) is 32.2 Å². The number of ether oxygens (including phenoxy) is 1. The first-order valence-corrected chi connectivity index (χ1v) is 21.2. The zero-order valence-corrected chi connectivity index (χ0v) is 32.7. The average Bonchev–Trinajstić information content (AvgIpc) is 3.10. The molecule has 0 heterocycles. The minimum atomic E-state index is -1.01. The molecule has 0 fully saturated rings. The molecule has 1 amide bonds. The Morgan fingerprint density at radius 2 is 1.04 bits per heavy atom. The van der Waals surface area contributed by atoms with E-state index in [-0.39, 0.29) is 18.0 Å². The maximum atomic E-state index is 12.6. The van der Waals surface area contributed by atoms with Crippen molar-refractivity contribution in [2.75, 3.05) is 6.54 Å². The summed E-state index contributed by atoms with van der Waals surface area (Å²) in [5.41, 5.74) is 5.47. The van der Waals surface area contributed by atoms with Gasteiger partial charge in [0.25, 0.3) is 0 Å². The lowest BCUT2D eigenvalue weighted by molar-refractivity contribution is -0.150. The van der Waals surface area contributed by atoms with Gasteiger partial charge in [-0.25, -0.2) is 4.79 Å². The summed E-state index contributed by atoms with van der Waals surface area (Å²) in [4.78, 5) is 36.1. The fraction of sp³-hybridized carbons (Fsp3) is 0.837. The van der Waals surface area contributed by atoms with Crippen LogP contribution in [0.4, 0.5) is 0 Å². The van der Waals surface area contributed by atoms with Crippen LogP contribution in [0.1, 0.15) is 213 Å². The van der Waals surface area contributed by atoms with E-state index in [1.165, 1.54) is 109 Å². The highest BCUT2D eigenvalue weighted by molar-refractivity contribution is 5.83. The molecule has 0 aliphatic heterocycles. The number of unbranched alkanes of at least 4 members (excludes halogenated alkanes) is 20. The summed E-state index contributed by atoms with van der Waals surface area (Å²) in [6, 6.07) is -0.862. The number of hydrogen-bond acceptors (Lipinski definition) is 5. The van der Waals surface area contributed by atoms with Crippen LogP contribution in [0.3, 0.4) is 0 Å². The molecule has 4 N–H and O–H groups in total. The molecule has 0 bridgehead atoms. The number of rotatable bonds is 38. The number of carboxylic acid groups (broad SMARTS) is 1. The number of amides is 1. The number of esters is 1. The number of nitrogens with two attached hydrogens (primary N) is 1. The predicted molar refractivity (Wildman–Crippen MR) is 211 cm³/mol. The van der Waals surface area contributed by atoms with Crippen LogP contribution in [0.25, 0.3) is 0 Å². The van der Waals surface area contributed by atoms with Gasteiger partial charge in [0.15, 0.2) is 0 Å². The van der Waals surface area contributed by atoms with Gasteiger partial charge in [-0.15, -0.1) is 0 Å². The summed E-state index contributed by atoms with van der Waals surface area (Å²) >= 11 is 0. The maximum Gasteiger partial charge on any atom is 0.326 e. The highest BCUT2D eigenvalue weighted by atomic mass is 16.5. The molecular weight excluding hydrogens is 624 g/mol. The Bertz CT molecular complexity index is 843. The maximum absolute atomic E-state index is 12.6. The molecular formula is C43H80N2O5. The summed E-state index contributed by atoms with van der Waals surface area (Å²) in [5.74, 6) is -1.27. The van der Waals surface area contributed by atoms with E-state index in [9.17, 15) is 19.5 Å². The topological polar surface area (TPSA) is 119 Å². The first-order valence-electron chi connectivity index (χ1n) is 21.2. The number of aliphatic carboxylic acids is 1. The molecule has 50 heavy (non-hydrogen) atoms. The third-order valence-electron chi connectivity index (χ3n) is 9.52. The number of hydrogen-bond donors (Lipinski definition) is 3. The first-order chi connectivity index (χ1) is 24.4. The molecule has 0 aliphatic carbocycles. The summed E-state index contributed by atoms with van der Waals surface area (Å²) < 4.78 is 5.94. The Balaban J connectivity index is 3.93. The molecule has 2 unspecified atom stereocenters. The van der Waals surface area contributed by atoms with E-state index in [0.717, 1.165) is 64.2 Å². The zero-order chi connectivity index (χ0) is 36.8. The molecule has 7 nitrogen and oxygen atoms in total. The Morgan fingerprint density at radius 3 is 1.56 bits per heavy atom. The van der Waals surface area contributed by atoms with Crippen LogP contribution in [-0.4, -0.2) is 41.6 Å². The van der Waals surface area contributed by atoms with Gasteiger partial charge in [0.2, 0.25) is 5.91 Å². The van der Waals surface area contributed by atoms with Crippen molar-refractivity contribution in [3.63, 3.8) is 0 Å². The van der Waals surface area contributed by atoms with E-state index in [4.69, 9.17) is 10.5 Å². The lowest BCUT2D eigenvalue weighted by atomic mass is 10.0. The van der Waals surface area contributed by atoms with Crippen LogP contribution in [0.15, 0.2) is 24.3 Å². The first kappa shape index (κ1) is 47.8. The summed E-state index contributed by atoms with van der Waals surface area (Å²) in [7, 11) is 0. The van der Waals surface area contributed by atoms with Crippen molar-refractivity contribution in [1.82, 2.24) is 5.32 Å². The smallest absolute Gasteiger partial charge is 0.326 e. The predicted octanol–water partition coefficient (Wildman–Crippen LogP) is 11.7. The molecule has 0 saturated heterocycles. The van der Waals surface area contributed by atoms with Crippen molar-refractivity contribution in [1.29, 1.82) is 0 Å². The lowest BCUT2D eigenvalue weighted by Gasteiger charge is -2.18. The number of allylic oxidation sites excluding steroid dienone is 4. The lowest BCUT2D eigenvalue weighted by Crippen LogP contribution is -2.40. The standard InChI is InChI=1S/C43H80N2O5/c1-3-5-7-9-10-11-12-13-14-15-16-17-18-19-20-21-22-23-24-25-31-37-42(47)50-39(33-28-8-6-4-2)34-29-26-27-30-36-41(46)45-40(43(48)49)35-32-38-44/h12-13,15-16,39-40H,3-11,14,17-38,44H2,1-2H3,(H,45,46)(H,48,49)/b13-12-,16-15-. The van der Waals surface area contributed by atoms with E-state index in [1.807, 2.05) is 0 Å². The molecule has 0 aromatic heterocycles. The van der Waals surface area contributed by atoms with Gasteiger partial charge < -0.3 is 20.9 Å². The van der Waals surface area contributed by atoms with E-state index >= 15 is 0 Å². The SMILES string of the molecule is CCCCCCC/C=C\C/C=C\CCCCCCCCCCCC(=O)OC(CCCCCC)CCCCCCC(=O)NC(CCCN)C(=O)O. The minimum absolute atomic E-state index is 0.0104. The van der Waals surface area contributed by atoms with Crippen LogP contribution in [0.2, 0.25) is 0 Å². The van der Waals surface area contributed by atoms with Crippen LogP contribution in [0.5, 0.6) is 0 Å². The van der Waals surface area contributed by atoms with Crippen LogP contribution in [-0.2, 0) is 19.1 Å². The second-order valence-corrected chi connectivity index (χ2v) is 14.4. The number of carbonyl (C=O) groups is 3. The summed E-state index contributed by atoms with van der Waals surface area (Å²) in [6.45, 7) is 4.88. The molecule has 7 heteroatoms. The molecule has 292 valence electrons. The molecule has 0 aromatic rings. The van der Waals surface area contributed by atoms with Gasteiger partial charge in [0.1, 0.15) is 12.1 Å². The van der Waals surface area contributed by atoms with Gasteiger partial charge in [0, 0.05) is 12.8 Å². The molecule has 0 radical (unpaired) electrons. The molecule has 0 aromatic carbocycles. The average molecular weight is 705 g/mol. The van der Waals surface area contributed by atoms with Crippen molar-refractivity contribution in [2.24, 2.45) is 5.73 Å². The number of nitrogens with one attached hydrogen (secondary N) is 1. The van der Waals surface area contributed by atoms with Gasteiger partial charge in [-0.05, 0) is 90.0 Å². The van der Waals surface area contributed by atoms with Crippen molar-refractivity contribution < 1.29 is 24.2 Å². The highest BCUT2D eigenvalue weighted by Crippen LogP contribution is 2.18. The molecule has 0 saturated carbocycles. The second-order valence-electron chi connectivity index (χ2n) is 14.4. The fourth-order valence-electron chi connectivity index (χ4n) is 6.30. The Kier molecular flexibility index (Phi) is 36.5. The molecule has 0 rings (SSSR count). The molecule has 2 atom stereocenters. The minimum Gasteiger partial charge on any atom is -0.480 e. The van der Waals surface area contributed by atoms with Crippen LogP contribution >= 0.6 is 0 Å². The Morgan fingerprint density at radius 1 is 0.580 bits per heavy atom. The number of carbonyl (C=O) groups excluding carboxylic acids is 2. The quantitative estimate of drug-likeness (QED) is 0.0334. The third-order valence-corrected chi connectivity index (χ3v) is 9.52. The largest absolute Gasteiger partial charge is 0.480 e. The summed E-state index contributed by atoms with van der Waals surface area (Å²) in [6.07, 6.45) is 42.5. The normalized spacial score (nSPS) is 12.9. The van der Waals surface area contributed by atoms with Crippen molar-refractivity contribution in [3.05, 3.63) is 24.3 Å². The second kappa shape index (κ2) is 38.1. The summed E-state index contributed by atoms with van der Waals surface area (Å²) in [5, 5.41) is 11.9. The van der Waals surface area contributed by atoms with E-state index < -0.39 is 12.0 Å². The van der Waals surface area contributed by atoms with Gasteiger partial charge in [-0.2, -0.15) is 0 Å².